The quantitative estimate of drug-likeness (QED) is 0.400. The topological polar surface area (TPSA) is 66.7 Å². The second-order valence-electron chi connectivity index (χ2n) is 8.83. The van der Waals surface area contributed by atoms with Crippen LogP contribution in [0.2, 0.25) is 0 Å². The number of hydrogen-bond acceptors (Lipinski definition) is 4. The Morgan fingerprint density at radius 3 is 2.71 bits per heavy atom. The lowest BCUT2D eigenvalue weighted by Crippen LogP contribution is -2.49. The first-order chi connectivity index (χ1) is 16.6. The maximum atomic E-state index is 13.5. The Morgan fingerprint density at radius 2 is 1.94 bits per heavy atom. The Morgan fingerprint density at radius 1 is 1.14 bits per heavy atom. The van der Waals surface area contributed by atoms with Gasteiger partial charge in [0.05, 0.1) is 22.9 Å². The number of rotatable bonds is 3. The van der Waals surface area contributed by atoms with E-state index < -0.39 is 23.2 Å². The molecular formula is C25H21F3N4O2S. The van der Waals surface area contributed by atoms with Gasteiger partial charge in [0.25, 0.3) is 11.8 Å². The van der Waals surface area contributed by atoms with Crippen LogP contribution < -0.4 is 5.32 Å². The van der Waals surface area contributed by atoms with Gasteiger partial charge in [-0.15, -0.1) is 11.3 Å². The fourth-order valence-corrected chi connectivity index (χ4v) is 5.75. The number of aromatic nitrogens is 2. The van der Waals surface area contributed by atoms with Crippen molar-refractivity contribution < 1.29 is 22.8 Å². The summed E-state index contributed by atoms with van der Waals surface area (Å²) in [5.74, 6) is -0.637. The summed E-state index contributed by atoms with van der Waals surface area (Å²) in [5.41, 5.74) is 0.911. The van der Waals surface area contributed by atoms with Gasteiger partial charge in [0, 0.05) is 28.7 Å². The van der Waals surface area contributed by atoms with Gasteiger partial charge in [0.1, 0.15) is 11.3 Å². The number of thiophene rings is 1. The van der Waals surface area contributed by atoms with Crippen LogP contribution >= 0.6 is 11.3 Å². The average Bonchev–Trinajstić information content (AvgIpc) is 3.43. The Labute approximate surface area is 203 Å². The molecule has 2 amide bonds. The van der Waals surface area contributed by atoms with Gasteiger partial charge in [-0.25, -0.2) is 4.98 Å². The summed E-state index contributed by atoms with van der Waals surface area (Å²) in [6.45, 7) is 4.24. The van der Waals surface area contributed by atoms with E-state index >= 15 is 0 Å². The van der Waals surface area contributed by atoms with Crippen LogP contribution in [0, 0.1) is 0 Å². The summed E-state index contributed by atoms with van der Waals surface area (Å²) in [4.78, 5) is 33.4. The molecule has 5 rings (SSSR count). The van der Waals surface area contributed by atoms with E-state index in [0.29, 0.717) is 29.9 Å². The van der Waals surface area contributed by atoms with Crippen LogP contribution in [0.5, 0.6) is 0 Å². The molecule has 35 heavy (non-hydrogen) atoms. The molecule has 0 unspecified atom stereocenters. The molecule has 1 aliphatic heterocycles. The molecule has 0 saturated heterocycles. The van der Waals surface area contributed by atoms with Crippen LogP contribution in [0.4, 0.5) is 18.9 Å². The Kier molecular flexibility index (Phi) is 5.43. The van der Waals surface area contributed by atoms with Crippen molar-refractivity contribution in [3.63, 3.8) is 0 Å². The van der Waals surface area contributed by atoms with E-state index in [-0.39, 0.29) is 11.6 Å². The first kappa shape index (κ1) is 23.1. The number of pyridine rings is 1. The normalized spacial score (nSPS) is 15.2. The molecule has 4 aromatic rings. The number of anilines is 1. The van der Waals surface area contributed by atoms with E-state index in [1.807, 2.05) is 32.0 Å². The third-order valence-corrected chi connectivity index (χ3v) is 7.62. The van der Waals surface area contributed by atoms with Gasteiger partial charge >= 0.3 is 6.18 Å². The Hall–Kier alpha value is -3.66. The fourth-order valence-electron chi connectivity index (χ4n) is 4.52. The zero-order chi connectivity index (χ0) is 25.0. The lowest BCUT2D eigenvalue weighted by molar-refractivity contribution is -0.137. The van der Waals surface area contributed by atoms with Crippen molar-refractivity contribution in [2.24, 2.45) is 0 Å². The van der Waals surface area contributed by atoms with E-state index in [2.05, 4.69) is 10.3 Å². The van der Waals surface area contributed by atoms with E-state index in [1.54, 1.807) is 27.1 Å². The molecule has 0 fully saturated rings. The highest BCUT2D eigenvalue weighted by molar-refractivity contribution is 7.10. The Bertz CT molecular complexity index is 1450. The van der Waals surface area contributed by atoms with Crippen molar-refractivity contribution in [1.29, 1.82) is 0 Å². The second-order valence-corrected chi connectivity index (χ2v) is 9.71. The van der Waals surface area contributed by atoms with Crippen molar-refractivity contribution in [3.8, 4) is 0 Å². The van der Waals surface area contributed by atoms with E-state index in [9.17, 15) is 22.8 Å². The molecule has 3 aromatic heterocycles. The number of amides is 2. The first-order valence-electron chi connectivity index (χ1n) is 10.9. The molecule has 10 heteroatoms. The van der Waals surface area contributed by atoms with Crippen LogP contribution in [-0.4, -0.2) is 32.6 Å². The van der Waals surface area contributed by atoms with Crippen molar-refractivity contribution >= 4 is 34.5 Å². The van der Waals surface area contributed by atoms with Gasteiger partial charge in [0.2, 0.25) is 0 Å². The van der Waals surface area contributed by atoms with Crippen LogP contribution in [0.15, 0.2) is 60.2 Å². The summed E-state index contributed by atoms with van der Waals surface area (Å²) < 4.78 is 40.8. The minimum Gasteiger partial charge on any atom is -0.327 e. The van der Waals surface area contributed by atoms with E-state index in [4.69, 9.17) is 0 Å². The average molecular weight is 499 g/mol. The minimum atomic E-state index is -4.50. The molecule has 0 atom stereocenters. The maximum Gasteiger partial charge on any atom is 0.416 e. The number of nitrogens with zero attached hydrogens (tertiary/aromatic N) is 3. The van der Waals surface area contributed by atoms with Crippen molar-refractivity contribution in [3.05, 3.63) is 87.5 Å². The van der Waals surface area contributed by atoms with Gasteiger partial charge in [-0.2, -0.15) is 13.2 Å². The molecule has 0 spiro atoms. The lowest BCUT2D eigenvalue weighted by atomic mass is 9.88. The molecule has 180 valence electrons. The predicted octanol–water partition coefficient (Wildman–Crippen LogP) is 5.60. The number of imidazole rings is 1. The Balaban J connectivity index is 1.41. The third-order valence-electron chi connectivity index (χ3n) is 6.28. The van der Waals surface area contributed by atoms with Crippen molar-refractivity contribution in [2.75, 3.05) is 11.9 Å². The molecule has 0 bridgehead atoms. The minimum absolute atomic E-state index is 0.0734. The summed E-state index contributed by atoms with van der Waals surface area (Å²) in [7, 11) is 0. The monoisotopic (exact) mass is 498 g/mol. The smallest absolute Gasteiger partial charge is 0.327 e. The predicted molar refractivity (Wildman–Crippen MR) is 127 cm³/mol. The molecular weight excluding hydrogens is 477 g/mol. The highest BCUT2D eigenvalue weighted by Gasteiger charge is 2.41. The first-order valence-corrected chi connectivity index (χ1v) is 11.8. The second kappa shape index (κ2) is 8.23. The van der Waals surface area contributed by atoms with Crippen molar-refractivity contribution in [2.45, 2.75) is 32.0 Å². The zero-order valence-electron chi connectivity index (χ0n) is 18.9. The summed E-state index contributed by atoms with van der Waals surface area (Å²) in [5, 5.41) is 4.29. The fraction of sp³-hybridized carbons (Fsp3) is 0.240. The third kappa shape index (κ3) is 3.97. The van der Waals surface area contributed by atoms with Gasteiger partial charge in [-0.3, -0.25) is 14.0 Å². The number of carbonyl (C=O) groups is 2. The number of halogens is 3. The number of alkyl halides is 3. The maximum absolute atomic E-state index is 13.5. The molecule has 4 heterocycles. The molecule has 0 saturated carbocycles. The van der Waals surface area contributed by atoms with E-state index in [1.165, 1.54) is 23.5 Å². The number of benzene rings is 1. The largest absolute Gasteiger partial charge is 0.416 e. The molecule has 0 aliphatic carbocycles. The molecule has 6 nitrogen and oxygen atoms in total. The SMILES string of the molecule is CC1(C)c2scc(C(=O)Nc3cccc(C(F)(F)F)c3)c2CCN1C(=O)c1cnc2ccccn12. The van der Waals surface area contributed by atoms with Gasteiger partial charge in [0.15, 0.2) is 0 Å². The summed E-state index contributed by atoms with van der Waals surface area (Å²) in [6.07, 6.45) is -0.690. The van der Waals surface area contributed by atoms with Gasteiger partial charge in [-0.05, 0) is 56.2 Å². The van der Waals surface area contributed by atoms with Crippen LogP contribution in [-0.2, 0) is 18.1 Å². The van der Waals surface area contributed by atoms with E-state index in [0.717, 1.165) is 22.6 Å². The van der Waals surface area contributed by atoms with Crippen LogP contribution in [0.3, 0.4) is 0 Å². The molecule has 1 N–H and O–H groups in total. The van der Waals surface area contributed by atoms with Crippen LogP contribution in [0.1, 0.15) is 50.7 Å². The lowest BCUT2D eigenvalue weighted by Gasteiger charge is -2.42. The van der Waals surface area contributed by atoms with Gasteiger partial charge in [-0.1, -0.05) is 12.1 Å². The summed E-state index contributed by atoms with van der Waals surface area (Å²) in [6, 6.07) is 10.1. The van der Waals surface area contributed by atoms with Gasteiger partial charge < -0.3 is 10.2 Å². The van der Waals surface area contributed by atoms with Crippen LogP contribution in [0.25, 0.3) is 5.65 Å². The standard InChI is InChI=1S/C25H21F3N4O2S/c1-24(2)21-17(9-11-32(24)23(34)19-13-29-20-8-3-4-10-31(19)20)18(14-35-21)22(33)30-16-7-5-6-15(12-16)25(26,27)28/h3-8,10,12-14H,9,11H2,1-2H3,(H,30,33). The highest BCUT2D eigenvalue weighted by Crippen LogP contribution is 2.41. The van der Waals surface area contributed by atoms with Crippen molar-refractivity contribution in [1.82, 2.24) is 14.3 Å². The molecule has 1 aromatic carbocycles. The number of nitrogens with one attached hydrogen (secondary N) is 1. The zero-order valence-corrected chi connectivity index (χ0v) is 19.7. The summed E-state index contributed by atoms with van der Waals surface area (Å²) >= 11 is 1.37. The molecule has 0 radical (unpaired) electrons. The highest BCUT2D eigenvalue weighted by atomic mass is 32.1. The number of hydrogen-bond donors (Lipinski definition) is 1. The molecule has 1 aliphatic rings. The number of carbonyl (C=O) groups excluding carboxylic acids is 2. The number of fused-ring (bicyclic) bond motifs is 2.